The van der Waals surface area contributed by atoms with Crippen LogP contribution in [0.2, 0.25) is 0 Å². The maximum atomic E-state index is 2.26. The van der Waals surface area contributed by atoms with Crippen molar-refractivity contribution in [1.82, 2.24) is 0 Å². The molecule has 9 heavy (non-hydrogen) atoms. The lowest BCUT2D eigenvalue weighted by molar-refractivity contribution is 1.01. The van der Waals surface area contributed by atoms with Gasteiger partial charge >= 0.3 is 0 Å². The van der Waals surface area contributed by atoms with E-state index in [1.165, 1.54) is 23.5 Å². The molecule has 0 unspecified atom stereocenters. The summed E-state index contributed by atoms with van der Waals surface area (Å²) in [6.45, 7) is 6.51. The second-order valence-electron chi connectivity index (χ2n) is 2.59. The summed E-state index contributed by atoms with van der Waals surface area (Å²) in [6.07, 6.45) is 5.66. The van der Waals surface area contributed by atoms with Gasteiger partial charge in [0.2, 0.25) is 0 Å². The van der Waals surface area contributed by atoms with Crippen LogP contribution >= 0.6 is 0 Å². The molecule has 0 heteroatoms. The second-order valence-corrected chi connectivity index (χ2v) is 2.59. The molecule has 1 rings (SSSR count). The van der Waals surface area contributed by atoms with Crippen LogP contribution in [0.5, 0.6) is 0 Å². The van der Waals surface area contributed by atoms with Crippen molar-refractivity contribution < 1.29 is 0 Å². The monoisotopic (exact) mass is 121 g/mol. The highest BCUT2D eigenvalue weighted by Gasteiger charge is 2.10. The lowest BCUT2D eigenvalue weighted by Gasteiger charge is -2.02. The Bertz CT molecular complexity index is 161. The predicted octanol–water partition coefficient (Wildman–Crippen LogP) is 2.88. The van der Waals surface area contributed by atoms with Crippen LogP contribution in [0.15, 0.2) is 23.3 Å². The van der Waals surface area contributed by atoms with Crippen LogP contribution in [0.3, 0.4) is 0 Å². The van der Waals surface area contributed by atoms with Gasteiger partial charge in [-0.05, 0) is 20.3 Å². The van der Waals surface area contributed by atoms with Crippen LogP contribution < -0.4 is 0 Å². The lowest BCUT2D eigenvalue weighted by atomic mass is 10.0. The molecule has 0 heterocycles. The highest BCUT2D eigenvalue weighted by Crippen LogP contribution is 2.27. The Balaban J connectivity index is 2.70. The van der Waals surface area contributed by atoms with Gasteiger partial charge in [0.1, 0.15) is 0 Å². The zero-order valence-corrected chi connectivity index (χ0v) is 6.36. The number of hydrogen-bond acceptors (Lipinski definition) is 0. The highest BCUT2D eigenvalue weighted by atomic mass is 14.1. The molecule has 0 aliphatic heterocycles. The lowest BCUT2D eigenvalue weighted by Crippen LogP contribution is -1.87. The Morgan fingerprint density at radius 3 is 2.11 bits per heavy atom. The second kappa shape index (κ2) is 2.38. The van der Waals surface area contributed by atoms with Gasteiger partial charge in [0.05, 0.1) is 0 Å². The van der Waals surface area contributed by atoms with Crippen LogP contribution in [0, 0.1) is 5.92 Å². The molecule has 1 radical (unpaired) electrons. The number of allylic oxidation sites excluding steroid dienone is 4. The Hall–Kier alpha value is -0.520. The third-order valence-electron chi connectivity index (χ3n) is 1.73. The Morgan fingerprint density at radius 1 is 1.22 bits per heavy atom. The van der Waals surface area contributed by atoms with E-state index in [0.29, 0.717) is 0 Å². The van der Waals surface area contributed by atoms with Gasteiger partial charge in [0, 0.05) is 5.92 Å². The molecule has 0 spiro atoms. The zero-order valence-electron chi connectivity index (χ0n) is 6.36. The minimum atomic E-state index is 1.17. The highest BCUT2D eigenvalue weighted by molar-refractivity contribution is 5.45. The van der Waals surface area contributed by atoms with Crippen molar-refractivity contribution in [3.63, 3.8) is 0 Å². The van der Waals surface area contributed by atoms with E-state index in [-0.39, 0.29) is 0 Å². The van der Waals surface area contributed by atoms with Gasteiger partial charge in [-0.3, -0.25) is 0 Å². The van der Waals surface area contributed by atoms with Crippen LogP contribution in [0.4, 0.5) is 0 Å². The topological polar surface area (TPSA) is 0 Å². The summed E-state index contributed by atoms with van der Waals surface area (Å²) in [6, 6.07) is 0. The van der Waals surface area contributed by atoms with Crippen LogP contribution in [-0.2, 0) is 0 Å². The normalized spacial score (nSPS) is 19.9. The van der Waals surface area contributed by atoms with Gasteiger partial charge in [-0.25, -0.2) is 0 Å². The SMILES string of the molecule is CC[C]1C=C(C)C=C1C. The van der Waals surface area contributed by atoms with E-state index in [9.17, 15) is 0 Å². The van der Waals surface area contributed by atoms with E-state index in [4.69, 9.17) is 0 Å². The molecule has 0 aromatic carbocycles. The molecule has 0 aromatic rings. The fourth-order valence-corrected chi connectivity index (χ4v) is 1.25. The van der Waals surface area contributed by atoms with Crippen molar-refractivity contribution in [2.75, 3.05) is 0 Å². The Morgan fingerprint density at radius 2 is 1.89 bits per heavy atom. The van der Waals surface area contributed by atoms with E-state index in [1.807, 2.05) is 0 Å². The van der Waals surface area contributed by atoms with Crippen LogP contribution in [0.1, 0.15) is 27.2 Å². The molecular formula is C9H13. The molecule has 49 valence electrons. The first-order valence-corrected chi connectivity index (χ1v) is 3.47. The summed E-state index contributed by atoms with van der Waals surface area (Å²) in [5.74, 6) is 1.49. The van der Waals surface area contributed by atoms with Crippen molar-refractivity contribution in [2.45, 2.75) is 27.2 Å². The van der Waals surface area contributed by atoms with Crippen LogP contribution in [-0.4, -0.2) is 0 Å². The molecule has 0 amide bonds. The molecule has 1 aliphatic carbocycles. The smallest absolute Gasteiger partial charge is 0.0223 e. The minimum absolute atomic E-state index is 1.17. The summed E-state index contributed by atoms with van der Waals surface area (Å²) < 4.78 is 0. The van der Waals surface area contributed by atoms with Gasteiger partial charge in [-0.15, -0.1) is 0 Å². The maximum Gasteiger partial charge on any atom is 0.0223 e. The van der Waals surface area contributed by atoms with E-state index in [0.717, 1.165) is 0 Å². The average molecular weight is 121 g/mol. The third kappa shape index (κ3) is 1.24. The van der Waals surface area contributed by atoms with E-state index in [2.05, 4.69) is 32.9 Å². The van der Waals surface area contributed by atoms with Crippen molar-refractivity contribution in [2.24, 2.45) is 0 Å². The van der Waals surface area contributed by atoms with Crippen molar-refractivity contribution in [1.29, 1.82) is 0 Å². The first-order chi connectivity index (χ1) is 4.24. The maximum absolute atomic E-state index is 2.26. The molecule has 0 saturated heterocycles. The van der Waals surface area contributed by atoms with E-state index >= 15 is 0 Å². The van der Waals surface area contributed by atoms with Crippen molar-refractivity contribution in [3.05, 3.63) is 29.2 Å². The molecule has 1 aliphatic rings. The summed E-state index contributed by atoms with van der Waals surface area (Å²) in [5.41, 5.74) is 2.83. The molecule has 0 atom stereocenters. The number of rotatable bonds is 1. The summed E-state index contributed by atoms with van der Waals surface area (Å²) >= 11 is 0. The van der Waals surface area contributed by atoms with Crippen LogP contribution in [0.25, 0.3) is 0 Å². The molecule has 0 fully saturated rings. The molecule has 0 saturated carbocycles. The fraction of sp³-hybridized carbons (Fsp3) is 0.444. The molecule has 0 aromatic heterocycles. The number of hydrogen-bond donors (Lipinski definition) is 0. The van der Waals surface area contributed by atoms with E-state index in [1.54, 1.807) is 0 Å². The van der Waals surface area contributed by atoms with Gasteiger partial charge in [-0.1, -0.05) is 30.2 Å². The zero-order chi connectivity index (χ0) is 6.85. The van der Waals surface area contributed by atoms with Crippen molar-refractivity contribution >= 4 is 0 Å². The summed E-state index contributed by atoms with van der Waals surface area (Å²) in [7, 11) is 0. The standard InChI is InChI=1S/C9H13/c1-4-9-6-7(2)5-8(9)3/h5-6H,4H2,1-3H3. The van der Waals surface area contributed by atoms with E-state index < -0.39 is 0 Å². The van der Waals surface area contributed by atoms with Gasteiger partial charge < -0.3 is 0 Å². The molecule has 0 N–H and O–H groups in total. The van der Waals surface area contributed by atoms with Gasteiger partial charge in [0.15, 0.2) is 0 Å². The van der Waals surface area contributed by atoms with Crippen molar-refractivity contribution in [3.8, 4) is 0 Å². The third-order valence-corrected chi connectivity index (χ3v) is 1.73. The molecule has 0 nitrogen and oxygen atoms in total. The van der Waals surface area contributed by atoms with Gasteiger partial charge in [0.25, 0.3) is 0 Å². The first kappa shape index (κ1) is 6.60. The van der Waals surface area contributed by atoms with Gasteiger partial charge in [-0.2, -0.15) is 0 Å². The fourth-order valence-electron chi connectivity index (χ4n) is 1.25. The first-order valence-electron chi connectivity index (χ1n) is 3.47. The molecular weight excluding hydrogens is 108 g/mol. The average Bonchev–Trinajstić information content (AvgIpc) is 2.10. The minimum Gasteiger partial charge on any atom is -0.0702 e. The predicted molar refractivity (Wildman–Crippen MR) is 41.0 cm³/mol. The molecule has 0 bridgehead atoms. The summed E-state index contributed by atoms with van der Waals surface area (Å²) in [5, 5.41) is 0. The quantitative estimate of drug-likeness (QED) is 0.500. The largest absolute Gasteiger partial charge is 0.0702 e. The Kier molecular flexibility index (Phi) is 1.75. The Labute approximate surface area is 57.3 Å². The summed E-state index contributed by atoms with van der Waals surface area (Å²) in [4.78, 5) is 0.